The monoisotopic (exact) mass is 483 g/mol. The molecule has 2 atom stereocenters. The quantitative estimate of drug-likeness (QED) is 0.465. The van der Waals surface area contributed by atoms with E-state index in [0.29, 0.717) is 31.9 Å². The van der Waals surface area contributed by atoms with Crippen LogP contribution in [-0.2, 0) is 9.53 Å². The number of alkyl halides is 6. The van der Waals surface area contributed by atoms with E-state index in [4.69, 9.17) is 0 Å². The number of amides is 2. The molecular formula is C20H25F6N4O3+. The highest BCUT2D eigenvalue weighted by Crippen LogP contribution is 2.37. The second kappa shape index (κ2) is 8.48. The Bertz CT molecular complexity index is 852. The molecule has 0 radical (unpaired) electrons. The zero-order valence-corrected chi connectivity index (χ0v) is 17.9. The fourth-order valence-corrected chi connectivity index (χ4v) is 4.66. The first-order valence-corrected chi connectivity index (χ1v) is 10.8. The van der Waals surface area contributed by atoms with Crippen molar-refractivity contribution in [3.63, 3.8) is 0 Å². The topological polar surface area (TPSA) is 64.9 Å². The molecule has 184 valence electrons. The van der Waals surface area contributed by atoms with Crippen molar-refractivity contribution in [2.24, 2.45) is 11.8 Å². The molecule has 2 amide bonds. The summed E-state index contributed by atoms with van der Waals surface area (Å²) in [5.74, 6) is -0.270. The van der Waals surface area contributed by atoms with Crippen LogP contribution in [0.25, 0.3) is 0 Å². The highest BCUT2D eigenvalue weighted by molar-refractivity contribution is 6.44. The van der Waals surface area contributed by atoms with Gasteiger partial charge in [0, 0.05) is 38.8 Å². The number of carbonyl (C=O) groups excluding carboxylic acids is 2. The summed E-state index contributed by atoms with van der Waals surface area (Å²) in [5.41, 5.74) is 1.53. The number of fused-ring (bicyclic) bond motifs is 1. The van der Waals surface area contributed by atoms with Crippen LogP contribution in [0.15, 0.2) is 11.8 Å². The largest absolute Gasteiger partial charge is 0.434 e. The highest BCUT2D eigenvalue weighted by atomic mass is 19.4. The van der Waals surface area contributed by atoms with Crippen LogP contribution in [0.5, 0.6) is 0 Å². The predicted molar refractivity (Wildman–Crippen MR) is 102 cm³/mol. The molecule has 0 spiro atoms. The number of carbonyl (C=O) groups is 2. The van der Waals surface area contributed by atoms with Crippen LogP contribution in [0.4, 0.5) is 31.1 Å². The minimum absolute atomic E-state index is 0.0291. The van der Waals surface area contributed by atoms with Crippen LogP contribution in [0, 0.1) is 11.8 Å². The van der Waals surface area contributed by atoms with Gasteiger partial charge in [0.2, 0.25) is 0 Å². The third-order valence-corrected chi connectivity index (χ3v) is 6.40. The molecule has 2 saturated heterocycles. The zero-order chi connectivity index (χ0) is 24.1. The Morgan fingerprint density at radius 2 is 1.67 bits per heavy atom. The number of likely N-dealkylation sites (tertiary alicyclic amines) is 2. The lowest BCUT2D eigenvalue weighted by atomic mass is 10.0. The molecule has 2 unspecified atom stereocenters. The third-order valence-electron chi connectivity index (χ3n) is 6.40. The van der Waals surface area contributed by atoms with Gasteiger partial charge in [-0.3, -0.25) is 9.69 Å². The Balaban J connectivity index is 1.29. The summed E-state index contributed by atoms with van der Waals surface area (Å²) < 4.78 is 81.6. The molecular weight excluding hydrogens is 458 g/mol. The Kier molecular flexibility index (Phi) is 6.12. The molecule has 0 bridgehead atoms. The van der Waals surface area contributed by atoms with E-state index >= 15 is 0 Å². The van der Waals surface area contributed by atoms with Crippen LogP contribution in [0.1, 0.15) is 19.8 Å². The Morgan fingerprint density at radius 1 is 1.09 bits per heavy atom. The molecule has 3 heterocycles. The summed E-state index contributed by atoms with van der Waals surface area (Å²) in [6.45, 7) is 4.23. The predicted octanol–water partition coefficient (Wildman–Crippen LogP) is 2.13. The highest BCUT2D eigenvalue weighted by Gasteiger charge is 2.60. The molecule has 3 fully saturated rings. The Morgan fingerprint density at radius 3 is 2.15 bits per heavy atom. The maximum atomic E-state index is 12.7. The summed E-state index contributed by atoms with van der Waals surface area (Å²) in [4.78, 5) is 27.5. The zero-order valence-electron chi connectivity index (χ0n) is 17.9. The van der Waals surface area contributed by atoms with E-state index in [1.54, 1.807) is 0 Å². The van der Waals surface area contributed by atoms with E-state index in [9.17, 15) is 35.9 Å². The molecule has 33 heavy (non-hydrogen) atoms. The molecule has 1 N–H and O–H groups in total. The normalized spacial score (nSPS) is 25.8. The van der Waals surface area contributed by atoms with Crippen LogP contribution >= 0.6 is 0 Å². The van der Waals surface area contributed by atoms with Crippen LogP contribution in [0.2, 0.25) is 0 Å². The molecule has 4 aliphatic rings. The molecule has 1 saturated carbocycles. The number of nitrogens with one attached hydrogen (secondary N) is 1. The van der Waals surface area contributed by atoms with Crippen molar-refractivity contribution in [1.29, 1.82) is 0 Å². The number of ether oxygens (including phenoxy) is 1. The molecule has 0 aromatic carbocycles. The summed E-state index contributed by atoms with van der Waals surface area (Å²) in [6, 6.07) is 0.233. The lowest BCUT2D eigenvalue weighted by Crippen LogP contribution is -2.48. The van der Waals surface area contributed by atoms with Gasteiger partial charge in [0.1, 0.15) is 12.1 Å². The average Bonchev–Trinajstić information content (AvgIpc) is 3.25. The fraction of sp³-hybridized carbons (Fsp3) is 0.750. The van der Waals surface area contributed by atoms with E-state index in [1.807, 2.05) is 17.7 Å². The average molecular weight is 483 g/mol. The number of halogens is 6. The van der Waals surface area contributed by atoms with E-state index < -0.39 is 24.5 Å². The minimum atomic E-state index is -5.73. The van der Waals surface area contributed by atoms with Gasteiger partial charge in [-0.2, -0.15) is 30.9 Å². The maximum Gasteiger partial charge on any atom is 0.434 e. The molecule has 3 aliphatic heterocycles. The number of rotatable bonds is 6. The molecule has 0 aromatic rings. The molecule has 13 heteroatoms. The van der Waals surface area contributed by atoms with Gasteiger partial charge >= 0.3 is 24.4 Å². The maximum absolute atomic E-state index is 12.7. The van der Waals surface area contributed by atoms with Gasteiger partial charge in [-0.25, -0.2) is 4.79 Å². The molecule has 7 nitrogen and oxygen atoms in total. The Hall–Kier alpha value is -2.31. The van der Waals surface area contributed by atoms with Crippen LogP contribution in [-0.4, -0.2) is 95.9 Å². The lowest BCUT2D eigenvalue weighted by Gasteiger charge is -2.27. The molecule has 0 aromatic heterocycles. The second-order valence-corrected chi connectivity index (χ2v) is 9.00. The van der Waals surface area contributed by atoms with Crippen molar-refractivity contribution < 1.29 is 45.2 Å². The van der Waals surface area contributed by atoms with Gasteiger partial charge in [-0.15, -0.1) is 0 Å². The van der Waals surface area contributed by atoms with E-state index in [1.165, 1.54) is 0 Å². The first-order valence-electron chi connectivity index (χ1n) is 10.8. The van der Waals surface area contributed by atoms with E-state index in [0.717, 1.165) is 23.3 Å². The molecule has 1 aliphatic carbocycles. The van der Waals surface area contributed by atoms with Crippen LogP contribution < -0.4 is 5.32 Å². The third kappa shape index (κ3) is 5.12. The van der Waals surface area contributed by atoms with Crippen molar-refractivity contribution in [3.05, 3.63) is 11.8 Å². The van der Waals surface area contributed by atoms with Crippen molar-refractivity contribution in [3.8, 4) is 0 Å². The van der Waals surface area contributed by atoms with Crippen molar-refractivity contribution in [2.45, 2.75) is 44.3 Å². The van der Waals surface area contributed by atoms with Gasteiger partial charge < -0.3 is 15.0 Å². The van der Waals surface area contributed by atoms with E-state index in [2.05, 4.69) is 15.0 Å². The lowest BCUT2D eigenvalue weighted by molar-refractivity contribution is -0.464. The van der Waals surface area contributed by atoms with Crippen molar-refractivity contribution >= 4 is 17.7 Å². The standard InChI is InChI=1S/C20H24F6N4O3/c1-2-29-10-13(15(29)16(31)27-14-3-4-14)7-28-5-11-8-30(9-12(11)6-28)18(32)33-17(19(21,22)23)20(24,25)26/h10-12,14,17H,2-9H2,1H3/p+1. The van der Waals surface area contributed by atoms with Gasteiger partial charge in [0.25, 0.3) is 11.8 Å². The number of nitrogens with zero attached hydrogens (tertiary/aromatic N) is 3. The van der Waals surface area contributed by atoms with Gasteiger partial charge in [0.05, 0.1) is 0 Å². The first kappa shape index (κ1) is 23.8. The Labute approximate surface area is 186 Å². The van der Waals surface area contributed by atoms with E-state index in [-0.39, 0.29) is 36.9 Å². The van der Waals surface area contributed by atoms with Crippen molar-refractivity contribution in [1.82, 2.24) is 15.1 Å². The van der Waals surface area contributed by atoms with Gasteiger partial charge in [-0.1, -0.05) is 0 Å². The SMILES string of the molecule is CC[N+]1=C(C(=O)NC2CC2)C(CN2CC3CN(C(=O)OC(C(F)(F)F)C(F)(F)F)CC3C2)=C1. The van der Waals surface area contributed by atoms with Gasteiger partial charge in [-0.05, 0) is 31.6 Å². The molecule has 4 rings (SSSR count). The van der Waals surface area contributed by atoms with Crippen molar-refractivity contribution in [2.75, 3.05) is 39.3 Å². The van der Waals surface area contributed by atoms with Crippen LogP contribution in [0.3, 0.4) is 0 Å². The summed E-state index contributed by atoms with van der Waals surface area (Å²) in [5, 5.41) is 2.97. The smallest absolute Gasteiger partial charge is 0.426 e. The summed E-state index contributed by atoms with van der Waals surface area (Å²) >= 11 is 0. The number of hydrogen-bond acceptors (Lipinski definition) is 4. The first-order chi connectivity index (χ1) is 15.4. The second-order valence-electron chi connectivity index (χ2n) is 9.00. The fourth-order valence-electron chi connectivity index (χ4n) is 4.66. The minimum Gasteiger partial charge on any atom is -0.426 e. The summed E-state index contributed by atoms with van der Waals surface area (Å²) in [6.07, 6.45) is -13.3. The van der Waals surface area contributed by atoms with Gasteiger partial charge in [0.15, 0.2) is 6.20 Å². The summed E-state index contributed by atoms with van der Waals surface area (Å²) in [7, 11) is 0. The number of hydrogen-bond donors (Lipinski definition) is 1.